The molecular weight excluding hydrogens is 344 g/mol. The molecule has 3 aromatic rings. The normalized spacial score (nSPS) is 10.1. The average Bonchev–Trinajstić information content (AvgIpc) is 2.72. The summed E-state index contributed by atoms with van der Waals surface area (Å²) in [6.45, 7) is 0.361. The van der Waals surface area contributed by atoms with Crippen molar-refractivity contribution in [1.82, 2.24) is 0 Å². The quantitative estimate of drug-likeness (QED) is 0.359. The molecule has 0 aliphatic rings. The first-order chi connectivity index (χ1) is 13.2. The lowest BCUT2D eigenvalue weighted by Gasteiger charge is -2.08. The van der Waals surface area contributed by atoms with Crippen LogP contribution in [0.15, 0.2) is 84.9 Å². The van der Waals surface area contributed by atoms with Crippen molar-refractivity contribution >= 4 is 11.9 Å². The van der Waals surface area contributed by atoms with Gasteiger partial charge in [-0.1, -0.05) is 42.5 Å². The lowest BCUT2D eigenvalue weighted by atomic mass is 10.2. The number of benzene rings is 3. The Kier molecular flexibility index (Phi) is 6.20. The zero-order valence-electron chi connectivity index (χ0n) is 14.5. The second kappa shape index (κ2) is 9.20. The van der Waals surface area contributed by atoms with Crippen LogP contribution in [0, 0.1) is 0 Å². The fourth-order valence-electron chi connectivity index (χ4n) is 2.32. The number of carbonyl (C=O) groups is 2. The Morgan fingerprint density at radius 2 is 1.26 bits per heavy atom. The Hall–Kier alpha value is -3.60. The Labute approximate surface area is 157 Å². The lowest BCUT2D eigenvalue weighted by molar-refractivity contribution is 0.0449. The highest BCUT2D eigenvalue weighted by atomic mass is 16.6. The highest BCUT2D eigenvalue weighted by Crippen LogP contribution is 2.16. The van der Waals surface area contributed by atoms with E-state index in [4.69, 9.17) is 14.2 Å². The smallest absolute Gasteiger partial charge is 0.343 e. The fourth-order valence-corrected chi connectivity index (χ4v) is 2.32. The van der Waals surface area contributed by atoms with Gasteiger partial charge in [-0.15, -0.1) is 0 Å². The van der Waals surface area contributed by atoms with Gasteiger partial charge in [0.05, 0.1) is 11.1 Å². The zero-order chi connectivity index (χ0) is 18.9. The van der Waals surface area contributed by atoms with Crippen LogP contribution < -0.4 is 9.47 Å². The van der Waals surface area contributed by atoms with Crippen LogP contribution in [0.25, 0.3) is 0 Å². The summed E-state index contributed by atoms with van der Waals surface area (Å²) in [4.78, 5) is 24.2. The average molecular weight is 362 g/mol. The first-order valence-corrected chi connectivity index (χ1v) is 8.44. The van der Waals surface area contributed by atoms with E-state index in [-0.39, 0.29) is 19.0 Å². The van der Waals surface area contributed by atoms with Gasteiger partial charge < -0.3 is 14.2 Å². The predicted octanol–water partition coefficient (Wildman–Crippen LogP) is 4.14. The Bertz CT molecular complexity index is 891. The van der Waals surface area contributed by atoms with Gasteiger partial charge in [0.15, 0.2) is 0 Å². The largest absolute Gasteiger partial charge is 0.490 e. The van der Waals surface area contributed by atoms with E-state index in [1.165, 1.54) is 6.07 Å². The highest BCUT2D eigenvalue weighted by molar-refractivity contribution is 5.92. The summed E-state index contributed by atoms with van der Waals surface area (Å²) in [6, 6.07) is 24.2. The maximum absolute atomic E-state index is 12.1. The number of carbonyl (C=O) groups excluding carboxylic acids is 2. The molecule has 0 amide bonds. The summed E-state index contributed by atoms with van der Waals surface area (Å²) in [5, 5.41) is 0. The van der Waals surface area contributed by atoms with Crippen molar-refractivity contribution in [2.24, 2.45) is 0 Å². The molecule has 0 saturated heterocycles. The standard InChI is InChI=1S/C22H18O5/c23-21(26-15-14-25-19-11-5-2-6-12-19)18-10-7-13-20(16-18)27-22(24)17-8-3-1-4-9-17/h1-13,16H,14-15H2. The van der Waals surface area contributed by atoms with Gasteiger partial charge in [0.25, 0.3) is 0 Å². The number of para-hydroxylation sites is 1. The second-order valence-electron chi connectivity index (χ2n) is 5.58. The lowest BCUT2D eigenvalue weighted by Crippen LogP contribution is -2.13. The fraction of sp³-hybridized carbons (Fsp3) is 0.0909. The van der Waals surface area contributed by atoms with Crippen molar-refractivity contribution in [2.75, 3.05) is 13.2 Å². The Morgan fingerprint density at radius 3 is 2.00 bits per heavy atom. The third-order valence-electron chi connectivity index (χ3n) is 3.62. The molecule has 136 valence electrons. The van der Waals surface area contributed by atoms with Gasteiger partial charge in [-0.2, -0.15) is 0 Å². The molecule has 0 heterocycles. The molecule has 27 heavy (non-hydrogen) atoms. The van der Waals surface area contributed by atoms with Crippen LogP contribution in [0.2, 0.25) is 0 Å². The molecule has 0 radical (unpaired) electrons. The monoisotopic (exact) mass is 362 g/mol. The van der Waals surface area contributed by atoms with E-state index in [1.54, 1.807) is 42.5 Å². The summed E-state index contributed by atoms with van der Waals surface area (Å²) >= 11 is 0. The first kappa shape index (κ1) is 18.2. The van der Waals surface area contributed by atoms with Gasteiger partial charge in [0.1, 0.15) is 24.7 Å². The number of ether oxygens (including phenoxy) is 3. The number of rotatable bonds is 7. The summed E-state index contributed by atoms with van der Waals surface area (Å²) < 4.78 is 16.0. The van der Waals surface area contributed by atoms with Crippen LogP contribution in [0.3, 0.4) is 0 Å². The van der Waals surface area contributed by atoms with Crippen LogP contribution >= 0.6 is 0 Å². The van der Waals surface area contributed by atoms with Crippen LogP contribution in [-0.4, -0.2) is 25.2 Å². The number of hydrogen-bond acceptors (Lipinski definition) is 5. The third-order valence-corrected chi connectivity index (χ3v) is 3.62. The minimum atomic E-state index is -0.510. The van der Waals surface area contributed by atoms with E-state index >= 15 is 0 Å². The Balaban J connectivity index is 1.52. The molecule has 0 bridgehead atoms. The molecule has 0 fully saturated rings. The molecule has 0 aliphatic carbocycles. The van der Waals surface area contributed by atoms with Gasteiger partial charge >= 0.3 is 11.9 Å². The maximum atomic E-state index is 12.1. The SMILES string of the molecule is O=C(OCCOc1ccccc1)c1cccc(OC(=O)c2ccccc2)c1. The molecule has 0 saturated carbocycles. The van der Waals surface area contributed by atoms with Crippen LogP contribution in [0.1, 0.15) is 20.7 Å². The molecule has 0 unspecified atom stereocenters. The molecule has 0 N–H and O–H groups in total. The van der Waals surface area contributed by atoms with Crippen molar-refractivity contribution in [3.8, 4) is 11.5 Å². The van der Waals surface area contributed by atoms with Gasteiger partial charge in [-0.3, -0.25) is 0 Å². The summed E-state index contributed by atoms with van der Waals surface area (Å²) in [5.74, 6) is -0.0103. The van der Waals surface area contributed by atoms with E-state index in [0.29, 0.717) is 16.9 Å². The van der Waals surface area contributed by atoms with Gasteiger partial charge in [0.2, 0.25) is 0 Å². The predicted molar refractivity (Wildman–Crippen MR) is 100 cm³/mol. The maximum Gasteiger partial charge on any atom is 0.343 e. The van der Waals surface area contributed by atoms with Crippen LogP contribution in [0.5, 0.6) is 11.5 Å². The molecule has 0 spiro atoms. The van der Waals surface area contributed by atoms with E-state index < -0.39 is 11.9 Å². The topological polar surface area (TPSA) is 61.8 Å². The summed E-state index contributed by atoms with van der Waals surface area (Å²) in [5.41, 5.74) is 0.733. The van der Waals surface area contributed by atoms with Crippen molar-refractivity contribution in [1.29, 1.82) is 0 Å². The Morgan fingerprint density at radius 1 is 0.630 bits per heavy atom. The van der Waals surface area contributed by atoms with E-state index in [0.717, 1.165) is 0 Å². The summed E-state index contributed by atoms with van der Waals surface area (Å²) in [6.07, 6.45) is 0. The molecule has 3 rings (SSSR count). The molecule has 5 nitrogen and oxygen atoms in total. The van der Waals surface area contributed by atoms with Crippen molar-refractivity contribution < 1.29 is 23.8 Å². The number of esters is 2. The van der Waals surface area contributed by atoms with Crippen LogP contribution in [0.4, 0.5) is 0 Å². The molecule has 0 aromatic heterocycles. The van der Waals surface area contributed by atoms with E-state index in [9.17, 15) is 9.59 Å². The first-order valence-electron chi connectivity index (χ1n) is 8.44. The van der Waals surface area contributed by atoms with Crippen LogP contribution in [-0.2, 0) is 4.74 Å². The highest BCUT2D eigenvalue weighted by Gasteiger charge is 2.12. The molecule has 5 heteroatoms. The molecule has 0 aliphatic heterocycles. The molecule has 3 aromatic carbocycles. The van der Waals surface area contributed by atoms with Gasteiger partial charge in [-0.05, 0) is 42.5 Å². The van der Waals surface area contributed by atoms with Crippen molar-refractivity contribution in [3.63, 3.8) is 0 Å². The van der Waals surface area contributed by atoms with E-state index in [1.807, 2.05) is 36.4 Å². The minimum Gasteiger partial charge on any atom is -0.490 e. The van der Waals surface area contributed by atoms with Crippen molar-refractivity contribution in [3.05, 3.63) is 96.1 Å². The van der Waals surface area contributed by atoms with Gasteiger partial charge in [0, 0.05) is 0 Å². The second-order valence-corrected chi connectivity index (χ2v) is 5.58. The van der Waals surface area contributed by atoms with E-state index in [2.05, 4.69) is 0 Å². The van der Waals surface area contributed by atoms with Crippen molar-refractivity contribution in [2.45, 2.75) is 0 Å². The van der Waals surface area contributed by atoms with Gasteiger partial charge in [-0.25, -0.2) is 9.59 Å². The third kappa shape index (κ3) is 5.44. The molecular formula is C22H18O5. The zero-order valence-corrected chi connectivity index (χ0v) is 14.5. The number of hydrogen-bond donors (Lipinski definition) is 0. The minimum absolute atomic E-state index is 0.113. The molecule has 0 atom stereocenters. The summed E-state index contributed by atoms with van der Waals surface area (Å²) in [7, 11) is 0.